The van der Waals surface area contributed by atoms with Crippen molar-refractivity contribution in [3.05, 3.63) is 12.7 Å². The molecule has 0 saturated carbocycles. The van der Waals surface area contributed by atoms with E-state index in [4.69, 9.17) is 15.6 Å². The lowest BCUT2D eigenvalue weighted by molar-refractivity contribution is -0.146. The molecule has 16 heavy (non-hydrogen) atoms. The van der Waals surface area contributed by atoms with Crippen LogP contribution in [0.4, 0.5) is 0 Å². The van der Waals surface area contributed by atoms with E-state index in [0.29, 0.717) is 6.61 Å². The predicted octanol–water partition coefficient (Wildman–Crippen LogP) is -0.941. The first-order chi connectivity index (χ1) is 7.56. The summed E-state index contributed by atoms with van der Waals surface area (Å²) in [6, 6.07) is -0.353. The number of ether oxygens (including phenoxy) is 1. The topological polar surface area (TPSA) is 92.9 Å². The third-order valence-electron chi connectivity index (χ3n) is 2.43. The Morgan fingerprint density at radius 3 is 2.69 bits per heavy atom. The molecule has 0 bridgehead atoms. The molecule has 0 spiro atoms. The summed E-state index contributed by atoms with van der Waals surface area (Å²) in [4.78, 5) is 23.7. The lowest BCUT2D eigenvalue weighted by Crippen LogP contribution is -2.45. The molecule has 0 aromatic heterocycles. The molecular weight excluding hydrogens is 212 g/mol. The highest BCUT2D eigenvalue weighted by Crippen LogP contribution is 2.14. The normalized spacial score (nSPS) is 24.1. The second-order valence-corrected chi connectivity index (χ2v) is 3.71. The van der Waals surface area contributed by atoms with Crippen LogP contribution in [0.1, 0.15) is 0 Å². The van der Waals surface area contributed by atoms with Crippen LogP contribution in [0.15, 0.2) is 12.7 Å². The minimum absolute atomic E-state index is 0.203. The standard InChI is InChI=1S/C10H16N2O4/c1-2-3-12(4-9(13)14)10(15)7-5-16-6-8(7)11/h2,7-8H,1,3-6,11H2,(H,13,14). The number of nitrogens with two attached hydrogens (primary N) is 1. The van der Waals surface area contributed by atoms with Gasteiger partial charge in [-0.1, -0.05) is 6.08 Å². The highest BCUT2D eigenvalue weighted by Gasteiger charge is 2.34. The van der Waals surface area contributed by atoms with Crippen LogP contribution in [-0.2, 0) is 14.3 Å². The number of carboxylic acids is 1. The first-order valence-electron chi connectivity index (χ1n) is 5.01. The molecule has 90 valence electrons. The van der Waals surface area contributed by atoms with Gasteiger partial charge >= 0.3 is 5.97 Å². The Morgan fingerprint density at radius 2 is 2.25 bits per heavy atom. The Balaban J connectivity index is 2.65. The second kappa shape index (κ2) is 5.62. The fourth-order valence-corrected chi connectivity index (χ4v) is 1.61. The fourth-order valence-electron chi connectivity index (χ4n) is 1.61. The Bertz CT molecular complexity index is 293. The third kappa shape index (κ3) is 3.04. The van der Waals surface area contributed by atoms with E-state index >= 15 is 0 Å². The van der Waals surface area contributed by atoms with E-state index < -0.39 is 11.9 Å². The van der Waals surface area contributed by atoms with Crippen molar-refractivity contribution < 1.29 is 19.4 Å². The van der Waals surface area contributed by atoms with Gasteiger partial charge in [0, 0.05) is 12.6 Å². The molecule has 1 fully saturated rings. The van der Waals surface area contributed by atoms with Gasteiger partial charge in [0.2, 0.25) is 5.91 Å². The van der Waals surface area contributed by atoms with Gasteiger partial charge in [-0.3, -0.25) is 9.59 Å². The van der Waals surface area contributed by atoms with Crippen molar-refractivity contribution in [1.29, 1.82) is 0 Å². The van der Waals surface area contributed by atoms with Crippen molar-refractivity contribution >= 4 is 11.9 Å². The Labute approximate surface area is 93.7 Å². The van der Waals surface area contributed by atoms with Gasteiger partial charge in [-0.2, -0.15) is 0 Å². The minimum Gasteiger partial charge on any atom is -0.480 e. The van der Waals surface area contributed by atoms with Crippen LogP contribution in [0.5, 0.6) is 0 Å². The average molecular weight is 228 g/mol. The zero-order valence-corrected chi connectivity index (χ0v) is 8.96. The van der Waals surface area contributed by atoms with Crippen LogP contribution in [0.25, 0.3) is 0 Å². The summed E-state index contributed by atoms with van der Waals surface area (Å²) in [7, 11) is 0. The highest BCUT2D eigenvalue weighted by molar-refractivity contribution is 5.84. The molecule has 3 N–H and O–H groups in total. The largest absolute Gasteiger partial charge is 0.480 e. The number of carbonyl (C=O) groups excluding carboxylic acids is 1. The number of hydrogen-bond acceptors (Lipinski definition) is 4. The van der Waals surface area contributed by atoms with Gasteiger partial charge < -0.3 is 20.5 Å². The molecule has 6 heteroatoms. The van der Waals surface area contributed by atoms with Gasteiger partial charge in [-0.05, 0) is 0 Å². The van der Waals surface area contributed by atoms with Crippen molar-refractivity contribution in [2.45, 2.75) is 6.04 Å². The lowest BCUT2D eigenvalue weighted by Gasteiger charge is -2.23. The quantitative estimate of drug-likeness (QED) is 0.592. The van der Waals surface area contributed by atoms with Crippen LogP contribution in [0.2, 0.25) is 0 Å². The van der Waals surface area contributed by atoms with E-state index in [2.05, 4.69) is 6.58 Å². The van der Waals surface area contributed by atoms with Gasteiger partial charge in [0.05, 0.1) is 19.1 Å². The third-order valence-corrected chi connectivity index (χ3v) is 2.43. The second-order valence-electron chi connectivity index (χ2n) is 3.71. The number of aliphatic carboxylic acids is 1. The van der Waals surface area contributed by atoms with Gasteiger partial charge in [0.25, 0.3) is 0 Å². The van der Waals surface area contributed by atoms with E-state index in [1.54, 1.807) is 0 Å². The Morgan fingerprint density at radius 1 is 1.56 bits per heavy atom. The summed E-state index contributed by atoms with van der Waals surface area (Å²) in [6.45, 7) is 3.95. The predicted molar refractivity (Wildman–Crippen MR) is 56.7 cm³/mol. The minimum atomic E-state index is -1.05. The van der Waals surface area contributed by atoms with E-state index in [1.807, 2.05) is 0 Å². The molecular formula is C10H16N2O4. The number of nitrogens with zero attached hydrogens (tertiary/aromatic N) is 1. The maximum absolute atomic E-state index is 11.9. The molecule has 2 unspecified atom stereocenters. The SMILES string of the molecule is C=CCN(CC(=O)O)C(=O)C1COCC1N. The van der Waals surface area contributed by atoms with Crippen LogP contribution in [0.3, 0.4) is 0 Å². The van der Waals surface area contributed by atoms with Gasteiger partial charge in [-0.15, -0.1) is 6.58 Å². The van der Waals surface area contributed by atoms with Crippen molar-refractivity contribution in [3.63, 3.8) is 0 Å². The first-order valence-corrected chi connectivity index (χ1v) is 5.01. The van der Waals surface area contributed by atoms with Crippen LogP contribution in [-0.4, -0.2) is 54.2 Å². The summed E-state index contributed by atoms with van der Waals surface area (Å²) in [5, 5.41) is 8.68. The number of hydrogen-bond donors (Lipinski definition) is 2. The van der Waals surface area contributed by atoms with E-state index in [-0.39, 0.29) is 31.6 Å². The van der Waals surface area contributed by atoms with Crippen LogP contribution >= 0.6 is 0 Å². The molecule has 1 aliphatic rings. The van der Waals surface area contributed by atoms with Gasteiger partial charge in [0.15, 0.2) is 0 Å². The summed E-state index contributed by atoms with van der Waals surface area (Å²) in [5.41, 5.74) is 5.70. The monoisotopic (exact) mass is 228 g/mol. The Hall–Kier alpha value is -1.40. The van der Waals surface area contributed by atoms with E-state index in [1.165, 1.54) is 11.0 Å². The van der Waals surface area contributed by atoms with Gasteiger partial charge in [-0.25, -0.2) is 0 Å². The highest BCUT2D eigenvalue weighted by atomic mass is 16.5. The first kappa shape index (κ1) is 12.7. The lowest BCUT2D eigenvalue weighted by atomic mass is 10.0. The zero-order chi connectivity index (χ0) is 12.1. The molecule has 0 aliphatic carbocycles. The molecule has 0 aromatic rings. The molecule has 0 aromatic carbocycles. The van der Waals surface area contributed by atoms with Crippen LogP contribution in [0, 0.1) is 5.92 Å². The van der Waals surface area contributed by atoms with Crippen LogP contribution < -0.4 is 5.73 Å². The summed E-state index contributed by atoms with van der Waals surface area (Å²) >= 11 is 0. The summed E-state index contributed by atoms with van der Waals surface area (Å²) in [5.74, 6) is -1.78. The number of carbonyl (C=O) groups is 2. The van der Waals surface area contributed by atoms with Crippen molar-refractivity contribution in [1.82, 2.24) is 4.90 Å². The maximum Gasteiger partial charge on any atom is 0.323 e. The van der Waals surface area contributed by atoms with Crippen molar-refractivity contribution in [2.75, 3.05) is 26.3 Å². The molecule has 1 saturated heterocycles. The average Bonchev–Trinajstić information content (AvgIpc) is 2.62. The zero-order valence-electron chi connectivity index (χ0n) is 8.96. The van der Waals surface area contributed by atoms with Gasteiger partial charge in [0.1, 0.15) is 6.54 Å². The molecule has 1 aliphatic heterocycles. The van der Waals surface area contributed by atoms with E-state index in [0.717, 1.165) is 0 Å². The molecule has 1 rings (SSSR count). The van der Waals surface area contributed by atoms with Crippen molar-refractivity contribution in [2.24, 2.45) is 11.7 Å². The maximum atomic E-state index is 11.9. The Kier molecular flexibility index (Phi) is 4.45. The molecule has 0 radical (unpaired) electrons. The summed E-state index contributed by atoms with van der Waals surface area (Å²) < 4.78 is 5.08. The van der Waals surface area contributed by atoms with E-state index in [9.17, 15) is 9.59 Å². The fraction of sp³-hybridized carbons (Fsp3) is 0.600. The smallest absolute Gasteiger partial charge is 0.323 e. The number of carboxylic acid groups (broad SMARTS) is 1. The molecule has 1 amide bonds. The summed E-state index contributed by atoms with van der Waals surface area (Å²) in [6.07, 6.45) is 1.49. The van der Waals surface area contributed by atoms with Crippen molar-refractivity contribution in [3.8, 4) is 0 Å². The molecule has 6 nitrogen and oxygen atoms in total. The number of rotatable bonds is 5. The number of amides is 1. The molecule has 2 atom stereocenters. The molecule has 1 heterocycles.